The number of rotatable bonds is 8. The third kappa shape index (κ3) is 5.68. The van der Waals surface area contributed by atoms with Crippen molar-refractivity contribution in [3.63, 3.8) is 0 Å². The SMILES string of the molecule is COc1ccc(/C=N/NC(=O)COc2ccc([N+](=O)[O-])cc2Br)cc1OC. The maximum absolute atomic E-state index is 11.8. The van der Waals surface area contributed by atoms with Crippen LogP contribution in [0.1, 0.15) is 5.56 Å². The van der Waals surface area contributed by atoms with E-state index in [-0.39, 0.29) is 12.3 Å². The van der Waals surface area contributed by atoms with Crippen molar-refractivity contribution in [1.29, 1.82) is 0 Å². The number of nitrogens with zero attached hydrogens (tertiary/aromatic N) is 2. The van der Waals surface area contributed by atoms with Gasteiger partial charge in [-0.05, 0) is 45.8 Å². The first-order valence-electron chi connectivity index (χ1n) is 7.55. The molecule has 27 heavy (non-hydrogen) atoms. The third-order valence-corrected chi connectivity index (χ3v) is 3.92. The van der Waals surface area contributed by atoms with Crippen LogP contribution >= 0.6 is 15.9 Å². The molecule has 10 heteroatoms. The van der Waals surface area contributed by atoms with Crippen molar-refractivity contribution in [3.8, 4) is 17.2 Å². The van der Waals surface area contributed by atoms with Gasteiger partial charge in [0.25, 0.3) is 11.6 Å². The Morgan fingerprint density at radius 3 is 2.52 bits per heavy atom. The lowest BCUT2D eigenvalue weighted by Gasteiger charge is -2.08. The number of hydrazone groups is 1. The number of benzene rings is 2. The molecule has 0 aliphatic heterocycles. The standard InChI is InChI=1S/C17H16BrN3O6/c1-25-15-5-3-11(7-16(15)26-2)9-19-20-17(22)10-27-14-6-4-12(21(23)24)8-13(14)18/h3-9H,10H2,1-2H3,(H,20,22)/b19-9+. The van der Waals surface area contributed by atoms with E-state index in [4.69, 9.17) is 14.2 Å². The average Bonchev–Trinajstić information content (AvgIpc) is 2.66. The molecule has 0 fully saturated rings. The normalized spacial score (nSPS) is 10.5. The lowest BCUT2D eigenvalue weighted by atomic mass is 10.2. The monoisotopic (exact) mass is 437 g/mol. The second-order valence-electron chi connectivity index (χ2n) is 5.07. The van der Waals surface area contributed by atoms with Crippen molar-refractivity contribution in [2.45, 2.75) is 0 Å². The first kappa shape index (κ1) is 20.2. The summed E-state index contributed by atoms with van der Waals surface area (Å²) in [5.74, 6) is 0.941. The highest BCUT2D eigenvalue weighted by Crippen LogP contribution is 2.29. The van der Waals surface area contributed by atoms with Gasteiger partial charge in [0.2, 0.25) is 0 Å². The molecule has 0 unspecified atom stereocenters. The van der Waals surface area contributed by atoms with Crippen LogP contribution in [0, 0.1) is 10.1 Å². The molecule has 0 radical (unpaired) electrons. The Morgan fingerprint density at radius 2 is 1.89 bits per heavy atom. The molecule has 0 aliphatic carbocycles. The molecule has 0 atom stereocenters. The van der Waals surface area contributed by atoms with E-state index < -0.39 is 10.8 Å². The largest absolute Gasteiger partial charge is 0.493 e. The highest BCUT2D eigenvalue weighted by Gasteiger charge is 2.11. The molecule has 0 aromatic heterocycles. The lowest BCUT2D eigenvalue weighted by molar-refractivity contribution is -0.384. The Kier molecular flexibility index (Phi) is 7.12. The zero-order chi connectivity index (χ0) is 19.8. The molecule has 0 bridgehead atoms. The van der Waals surface area contributed by atoms with Gasteiger partial charge in [0.05, 0.1) is 29.8 Å². The minimum atomic E-state index is -0.524. The Hall–Kier alpha value is -3.14. The van der Waals surface area contributed by atoms with Crippen LogP contribution < -0.4 is 19.6 Å². The van der Waals surface area contributed by atoms with Crippen molar-refractivity contribution < 1.29 is 23.9 Å². The molecule has 0 spiro atoms. The van der Waals surface area contributed by atoms with Gasteiger partial charge in [0.15, 0.2) is 18.1 Å². The van der Waals surface area contributed by atoms with Crippen LogP contribution in [-0.4, -0.2) is 37.9 Å². The second kappa shape index (κ2) is 9.53. The molecule has 0 aliphatic rings. The summed E-state index contributed by atoms with van der Waals surface area (Å²) in [6.07, 6.45) is 1.45. The number of carbonyl (C=O) groups is 1. The Morgan fingerprint density at radius 1 is 1.19 bits per heavy atom. The maximum Gasteiger partial charge on any atom is 0.277 e. The smallest absolute Gasteiger partial charge is 0.277 e. The lowest BCUT2D eigenvalue weighted by Crippen LogP contribution is -2.24. The summed E-state index contributed by atoms with van der Waals surface area (Å²) in [5.41, 5.74) is 2.94. The first-order chi connectivity index (χ1) is 12.9. The van der Waals surface area contributed by atoms with Crippen LogP contribution in [-0.2, 0) is 4.79 Å². The van der Waals surface area contributed by atoms with Crippen LogP contribution in [0.25, 0.3) is 0 Å². The number of methoxy groups -OCH3 is 2. The van der Waals surface area contributed by atoms with E-state index in [1.807, 2.05) is 0 Å². The summed E-state index contributed by atoms with van der Waals surface area (Å²) >= 11 is 3.16. The van der Waals surface area contributed by atoms with Gasteiger partial charge in [-0.1, -0.05) is 0 Å². The molecular weight excluding hydrogens is 422 g/mol. The van der Waals surface area contributed by atoms with Crippen LogP contribution in [0.5, 0.6) is 17.2 Å². The molecule has 1 amide bonds. The number of hydrogen-bond acceptors (Lipinski definition) is 7. The number of ether oxygens (including phenoxy) is 3. The average molecular weight is 438 g/mol. The van der Waals surface area contributed by atoms with Crippen LogP contribution in [0.2, 0.25) is 0 Å². The topological polar surface area (TPSA) is 112 Å². The molecular formula is C17H16BrN3O6. The Bertz CT molecular complexity index is 872. The number of amides is 1. The van der Waals surface area contributed by atoms with Gasteiger partial charge < -0.3 is 14.2 Å². The summed E-state index contributed by atoms with van der Waals surface area (Å²) < 4.78 is 16.0. The minimum Gasteiger partial charge on any atom is -0.493 e. The van der Waals surface area contributed by atoms with E-state index in [0.29, 0.717) is 27.3 Å². The third-order valence-electron chi connectivity index (χ3n) is 3.30. The number of nitro benzene ring substituents is 1. The molecule has 142 valence electrons. The fraction of sp³-hybridized carbons (Fsp3) is 0.176. The number of non-ortho nitro benzene ring substituents is 1. The number of carbonyl (C=O) groups excluding carboxylic acids is 1. The summed E-state index contributed by atoms with van der Waals surface area (Å²) in [6.45, 7) is -0.306. The van der Waals surface area contributed by atoms with E-state index in [1.54, 1.807) is 18.2 Å². The van der Waals surface area contributed by atoms with E-state index in [2.05, 4.69) is 26.5 Å². The number of nitro groups is 1. The van der Waals surface area contributed by atoms with Gasteiger partial charge in [-0.25, -0.2) is 5.43 Å². The molecule has 1 N–H and O–H groups in total. The van der Waals surface area contributed by atoms with Crippen molar-refractivity contribution >= 4 is 33.7 Å². The summed E-state index contributed by atoms with van der Waals surface area (Å²) in [5, 5.41) is 14.5. The van der Waals surface area contributed by atoms with Gasteiger partial charge in [-0.3, -0.25) is 14.9 Å². The van der Waals surface area contributed by atoms with Crippen LogP contribution in [0.3, 0.4) is 0 Å². The molecule has 9 nitrogen and oxygen atoms in total. The van der Waals surface area contributed by atoms with Crippen molar-refractivity contribution in [3.05, 3.63) is 56.5 Å². The highest BCUT2D eigenvalue weighted by atomic mass is 79.9. The highest BCUT2D eigenvalue weighted by molar-refractivity contribution is 9.10. The predicted molar refractivity (Wildman–Crippen MR) is 102 cm³/mol. The van der Waals surface area contributed by atoms with Crippen molar-refractivity contribution in [2.24, 2.45) is 5.10 Å². The molecule has 0 saturated heterocycles. The molecule has 2 aromatic rings. The second-order valence-corrected chi connectivity index (χ2v) is 5.92. The zero-order valence-electron chi connectivity index (χ0n) is 14.5. The molecule has 2 rings (SSSR count). The summed E-state index contributed by atoms with van der Waals surface area (Å²) in [7, 11) is 3.06. The molecule has 0 saturated carbocycles. The van der Waals surface area contributed by atoms with Crippen molar-refractivity contribution in [1.82, 2.24) is 5.43 Å². The van der Waals surface area contributed by atoms with Gasteiger partial charge in [0.1, 0.15) is 5.75 Å². The van der Waals surface area contributed by atoms with E-state index >= 15 is 0 Å². The van der Waals surface area contributed by atoms with Crippen molar-refractivity contribution in [2.75, 3.05) is 20.8 Å². The number of hydrogen-bond donors (Lipinski definition) is 1. The summed E-state index contributed by atoms with van der Waals surface area (Å²) in [6, 6.07) is 9.16. The number of halogens is 1. The molecule has 2 aromatic carbocycles. The van der Waals surface area contributed by atoms with Gasteiger partial charge in [-0.15, -0.1) is 0 Å². The van der Waals surface area contributed by atoms with Gasteiger partial charge in [-0.2, -0.15) is 5.10 Å². The van der Waals surface area contributed by atoms with Crippen LogP contribution in [0.4, 0.5) is 5.69 Å². The van der Waals surface area contributed by atoms with Gasteiger partial charge in [0, 0.05) is 12.1 Å². The van der Waals surface area contributed by atoms with Crippen LogP contribution in [0.15, 0.2) is 46.0 Å². The quantitative estimate of drug-likeness (QED) is 0.385. The number of nitrogens with one attached hydrogen (secondary N) is 1. The minimum absolute atomic E-state index is 0.0850. The van der Waals surface area contributed by atoms with E-state index in [0.717, 1.165) is 0 Å². The van der Waals surface area contributed by atoms with E-state index in [9.17, 15) is 14.9 Å². The predicted octanol–water partition coefficient (Wildman–Crippen LogP) is 2.90. The zero-order valence-corrected chi connectivity index (χ0v) is 16.1. The van der Waals surface area contributed by atoms with Gasteiger partial charge >= 0.3 is 0 Å². The maximum atomic E-state index is 11.8. The Labute approximate surface area is 163 Å². The molecule has 0 heterocycles. The Balaban J connectivity index is 1.89. The van der Waals surface area contributed by atoms with E-state index in [1.165, 1.54) is 38.6 Å². The first-order valence-corrected chi connectivity index (χ1v) is 8.34. The fourth-order valence-electron chi connectivity index (χ4n) is 2.01. The fourth-order valence-corrected chi connectivity index (χ4v) is 2.49. The summed E-state index contributed by atoms with van der Waals surface area (Å²) in [4.78, 5) is 22.0.